The Hall–Kier alpha value is -5.42. The molecule has 0 fully saturated rings. The number of hydrogen-bond donors (Lipinski definition) is 7. The lowest BCUT2D eigenvalue weighted by molar-refractivity contribution is -0.142. The third kappa shape index (κ3) is 12.2. The van der Waals surface area contributed by atoms with Crippen molar-refractivity contribution >= 4 is 53.1 Å². The molecule has 4 atom stereocenters. The monoisotopic (exact) mass is 622 g/mol. The summed E-state index contributed by atoms with van der Waals surface area (Å²) in [5.41, 5.74) is -0.0108. The molecule has 0 aromatic heterocycles. The maximum Gasteiger partial charge on any atom is 0.494 e. The zero-order valence-electron chi connectivity index (χ0n) is 24.0. The van der Waals surface area contributed by atoms with Gasteiger partial charge < -0.3 is 36.6 Å². The van der Waals surface area contributed by atoms with E-state index in [9.17, 15) is 48.4 Å². The molecule has 0 heterocycles. The Morgan fingerprint density at radius 2 is 1.25 bits per heavy atom. The molecule has 0 aliphatic rings. The van der Waals surface area contributed by atoms with Crippen molar-refractivity contribution in [1.29, 1.82) is 0 Å². The number of carbonyl (C=O) groups excluding carboxylic acids is 5. The standard InChI is InChI=1S/C26H34N6O12/c1-13(2)22(25(42)29-18(12-21(38)39)26(43)32(31-44)15-7-5-4-6-8-15)30-23(40)16(9-10-19(34)35)28-24(41)17(11-20(36)37)27-14(3)33/h4-8,13,16-18,22H,9-12H2,1-3H3,(H,27,33)(H,28,41)(H,29,42)(H,30,40)(H,34,35)(H,36,37)(H,38,39)/q+1/t16-,17-,18-,22-/m0/s1. The predicted octanol–water partition coefficient (Wildman–Crippen LogP) is -1.53. The number of nitroso groups, excluding NO2 is 1. The van der Waals surface area contributed by atoms with Gasteiger partial charge in [0.2, 0.25) is 23.6 Å². The summed E-state index contributed by atoms with van der Waals surface area (Å²) in [6.07, 6.45) is -2.96. The first kappa shape index (κ1) is 36.6. The minimum absolute atomic E-state index is 0.0108. The molecule has 1 aromatic carbocycles. The van der Waals surface area contributed by atoms with Crippen molar-refractivity contribution in [3.63, 3.8) is 0 Å². The molecule has 0 aliphatic heterocycles. The van der Waals surface area contributed by atoms with Crippen molar-refractivity contribution in [2.75, 3.05) is 5.01 Å². The van der Waals surface area contributed by atoms with Crippen LogP contribution in [0.25, 0.3) is 0 Å². The molecule has 0 spiro atoms. The third-order valence-electron chi connectivity index (χ3n) is 5.88. The largest absolute Gasteiger partial charge is 0.494 e. The van der Waals surface area contributed by atoms with E-state index in [0.29, 0.717) is 5.01 Å². The minimum atomic E-state index is -1.81. The maximum atomic E-state index is 13.2. The van der Waals surface area contributed by atoms with Crippen LogP contribution in [0.5, 0.6) is 0 Å². The van der Waals surface area contributed by atoms with Crippen molar-refractivity contribution < 1.29 is 53.7 Å². The van der Waals surface area contributed by atoms with Gasteiger partial charge in [-0.05, 0) is 24.5 Å². The Labute approximate surface area is 250 Å². The number of nitrogens with zero attached hydrogens (tertiary/aromatic N) is 2. The van der Waals surface area contributed by atoms with E-state index < -0.39 is 103 Å². The van der Waals surface area contributed by atoms with Crippen molar-refractivity contribution in [2.45, 2.75) is 70.6 Å². The summed E-state index contributed by atoms with van der Waals surface area (Å²) < 4.78 is 0. The fourth-order valence-electron chi connectivity index (χ4n) is 3.79. The predicted molar refractivity (Wildman–Crippen MR) is 149 cm³/mol. The molecular weight excluding hydrogens is 588 g/mol. The average Bonchev–Trinajstić information content (AvgIpc) is 2.92. The number of carboxylic acids is 3. The van der Waals surface area contributed by atoms with E-state index in [0.717, 1.165) is 6.92 Å². The summed E-state index contributed by atoms with van der Waals surface area (Å²) in [4.78, 5) is 109. The van der Waals surface area contributed by atoms with Crippen LogP contribution in [0.4, 0.5) is 5.69 Å². The smallest absolute Gasteiger partial charge is 0.481 e. The second-order valence-electron chi connectivity index (χ2n) is 9.80. The van der Waals surface area contributed by atoms with Crippen LogP contribution in [-0.2, 0) is 38.4 Å². The number of hydrogen-bond acceptors (Lipinski definition) is 10. The summed E-state index contributed by atoms with van der Waals surface area (Å²) in [6, 6.07) is 0.706. The van der Waals surface area contributed by atoms with Crippen molar-refractivity contribution in [2.24, 2.45) is 5.92 Å². The van der Waals surface area contributed by atoms with E-state index in [4.69, 9.17) is 10.2 Å². The average molecular weight is 623 g/mol. The molecule has 18 nitrogen and oxygen atoms in total. The van der Waals surface area contributed by atoms with Gasteiger partial charge in [0.1, 0.15) is 34.8 Å². The number of para-hydroxylation sites is 1. The van der Waals surface area contributed by atoms with Gasteiger partial charge in [-0.1, -0.05) is 32.0 Å². The van der Waals surface area contributed by atoms with E-state index in [1.54, 1.807) is 6.07 Å². The van der Waals surface area contributed by atoms with Gasteiger partial charge in [-0.25, -0.2) is 0 Å². The molecule has 5 amide bonds. The van der Waals surface area contributed by atoms with Crippen LogP contribution in [0.15, 0.2) is 30.3 Å². The highest BCUT2D eigenvalue weighted by Crippen LogP contribution is 2.14. The van der Waals surface area contributed by atoms with Crippen LogP contribution in [0.2, 0.25) is 0 Å². The molecule has 0 saturated heterocycles. The number of rotatable bonds is 18. The van der Waals surface area contributed by atoms with Gasteiger partial charge in [-0.3, -0.25) is 38.4 Å². The summed E-state index contributed by atoms with van der Waals surface area (Å²) in [5, 5.41) is 39.3. The highest BCUT2D eigenvalue weighted by molar-refractivity contribution is 6.01. The van der Waals surface area contributed by atoms with Crippen molar-refractivity contribution in [3.05, 3.63) is 35.2 Å². The highest BCUT2D eigenvalue weighted by Gasteiger charge is 2.39. The highest BCUT2D eigenvalue weighted by atomic mass is 16.4. The zero-order valence-corrected chi connectivity index (χ0v) is 24.0. The molecule has 7 N–H and O–H groups in total. The quantitative estimate of drug-likeness (QED) is 0.0918. The number of anilines is 1. The Morgan fingerprint density at radius 3 is 1.73 bits per heavy atom. The zero-order chi connectivity index (χ0) is 33.6. The van der Waals surface area contributed by atoms with Gasteiger partial charge in [0.05, 0.1) is 12.8 Å². The van der Waals surface area contributed by atoms with Crippen LogP contribution >= 0.6 is 0 Å². The molecule has 1 aromatic rings. The Bertz CT molecular complexity index is 1240. The fraction of sp³-hybridized carbons (Fsp3) is 0.462. The van der Waals surface area contributed by atoms with Gasteiger partial charge in [0, 0.05) is 18.4 Å². The Kier molecular flexibility index (Phi) is 14.6. The minimum Gasteiger partial charge on any atom is -0.481 e. The molecule has 0 bridgehead atoms. The molecular formula is C26H34N6O12+. The van der Waals surface area contributed by atoms with Crippen molar-refractivity contribution in [3.8, 4) is 0 Å². The van der Waals surface area contributed by atoms with Crippen LogP contribution in [0, 0.1) is 10.8 Å². The first-order valence-corrected chi connectivity index (χ1v) is 13.1. The van der Waals surface area contributed by atoms with Gasteiger partial charge in [0.25, 0.3) is 0 Å². The summed E-state index contributed by atoms with van der Waals surface area (Å²) in [5.74, 6) is -10.2. The number of carboxylic acid groups (broad SMARTS) is 3. The number of nitrogens with one attached hydrogen (secondary N) is 4. The Morgan fingerprint density at radius 1 is 0.727 bits per heavy atom. The summed E-state index contributed by atoms with van der Waals surface area (Å²) in [6.45, 7) is 3.98. The van der Waals surface area contributed by atoms with E-state index in [2.05, 4.69) is 26.6 Å². The topological polar surface area (TPSA) is 280 Å². The van der Waals surface area contributed by atoms with Gasteiger partial charge >= 0.3 is 29.1 Å². The first-order chi connectivity index (χ1) is 20.6. The molecule has 18 heteroatoms. The molecule has 1 rings (SSSR count). The molecule has 1 radical (unpaired) electrons. The second kappa shape index (κ2) is 17.5. The molecule has 44 heavy (non-hydrogen) atoms. The molecule has 0 unspecified atom stereocenters. The third-order valence-corrected chi connectivity index (χ3v) is 5.88. The Balaban J connectivity index is 3.24. The lowest BCUT2D eigenvalue weighted by atomic mass is 10.0. The second-order valence-corrected chi connectivity index (χ2v) is 9.80. The van der Waals surface area contributed by atoms with Gasteiger partial charge in [-0.15, -0.1) is 0 Å². The van der Waals surface area contributed by atoms with E-state index >= 15 is 0 Å². The van der Waals surface area contributed by atoms with E-state index in [1.165, 1.54) is 38.1 Å². The molecule has 0 aliphatic carbocycles. The lowest BCUT2D eigenvalue weighted by Crippen LogP contribution is -2.60. The van der Waals surface area contributed by atoms with Crippen molar-refractivity contribution in [1.82, 2.24) is 26.6 Å². The maximum absolute atomic E-state index is 13.2. The number of carbonyl (C=O) groups is 8. The number of amides is 5. The van der Waals surface area contributed by atoms with Crippen LogP contribution < -0.4 is 31.6 Å². The lowest BCUT2D eigenvalue weighted by Gasteiger charge is -2.27. The fourth-order valence-corrected chi connectivity index (χ4v) is 3.79. The summed E-state index contributed by atoms with van der Waals surface area (Å²) in [7, 11) is 0. The van der Waals surface area contributed by atoms with Crippen LogP contribution in [0.3, 0.4) is 0 Å². The molecule has 239 valence electrons. The van der Waals surface area contributed by atoms with E-state index in [-0.39, 0.29) is 5.69 Å². The van der Waals surface area contributed by atoms with E-state index in [1.807, 2.05) is 0 Å². The summed E-state index contributed by atoms with van der Waals surface area (Å²) >= 11 is 0. The van der Waals surface area contributed by atoms with Crippen LogP contribution in [0.1, 0.15) is 46.5 Å². The molecule has 0 saturated carbocycles. The van der Waals surface area contributed by atoms with Gasteiger partial charge in [0.15, 0.2) is 0 Å². The number of benzene rings is 1. The SMILES string of the molecule is CC(=O)N[C@@H](CC(=O)O)C(=O)N[C@@H](CCC(=O)O)C(=O)N[C@H](C(=O)N[C@@H](CC(=O)O)C(=O)N([N+]=O)c1ccccc1)C(C)C. The first-order valence-electron chi connectivity index (χ1n) is 13.1. The van der Waals surface area contributed by atoms with Crippen LogP contribution in [-0.4, -0.2) is 86.9 Å². The number of aliphatic carboxylic acids is 3. The van der Waals surface area contributed by atoms with Gasteiger partial charge in [-0.2, -0.15) is 0 Å². The normalized spacial score (nSPS) is 13.3.